The quantitative estimate of drug-likeness (QED) is 0.661. The van der Waals surface area contributed by atoms with Gasteiger partial charge in [0, 0.05) is 17.6 Å². The lowest BCUT2D eigenvalue weighted by Crippen LogP contribution is -2.30. The molecule has 1 aliphatic heterocycles. The first-order valence-electron chi connectivity index (χ1n) is 7.08. The van der Waals surface area contributed by atoms with Gasteiger partial charge in [0.2, 0.25) is 0 Å². The maximum Gasteiger partial charge on any atom is 0.150 e. The summed E-state index contributed by atoms with van der Waals surface area (Å²) in [6, 6.07) is 9.92. The molecule has 1 saturated heterocycles. The van der Waals surface area contributed by atoms with Crippen LogP contribution in [0.1, 0.15) is 24.4 Å². The van der Waals surface area contributed by atoms with E-state index in [1.54, 1.807) is 6.20 Å². The van der Waals surface area contributed by atoms with Crippen molar-refractivity contribution in [2.24, 2.45) is 11.8 Å². The first-order chi connectivity index (χ1) is 10.1. The van der Waals surface area contributed by atoms with Gasteiger partial charge in [0.15, 0.2) is 9.84 Å². The molecule has 1 fully saturated rings. The Labute approximate surface area is 124 Å². The second-order valence-electron chi connectivity index (χ2n) is 5.68. The molecule has 6 heteroatoms. The fourth-order valence-electron chi connectivity index (χ4n) is 3.00. The van der Waals surface area contributed by atoms with E-state index in [4.69, 9.17) is 5.84 Å². The van der Waals surface area contributed by atoms with Crippen molar-refractivity contribution in [3.8, 4) is 0 Å². The topological polar surface area (TPSA) is 85.1 Å². The van der Waals surface area contributed by atoms with E-state index in [0.717, 1.165) is 29.3 Å². The van der Waals surface area contributed by atoms with E-state index in [-0.39, 0.29) is 17.7 Å². The predicted molar refractivity (Wildman–Crippen MR) is 83.2 cm³/mol. The summed E-state index contributed by atoms with van der Waals surface area (Å²) >= 11 is 0. The zero-order valence-electron chi connectivity index (χ0n) is 11.7. The lowest BCUT2D eigenvalue weighted by molar-refractivity contribution is 0.421. The summed E-state index contributed by atoms with van der Waals surface area (Å²) in [7, 11) is -2.84. The zero-order valence-corrected chi connectivity index (χ0v) is 12.5. The van der Waals surface area contributed by atoms with Gasteiger partial charge in [-0.25, -0.2) is 8.42 Å². The molecule has 2 unspecified atom stereocenters. The average molecular weight is 305 g/mol. The number of nitrogens with one attached hydrogen (secondary N) is 1. The van der Waals surface area contributed by atoms with Crippen LogP contribution in [0.3, 0.4) is 0 Å². The van der Waals surface area contributed by atoms with E-state index >= 15 is 0 Å². The summed E-state index contributed by atoms with van der Waals surface area (Å²) in [6.45, 7) is 0. The Balaban J connectivity index is 1.81. The van der Waals surface area contributed by atoms with Crippen molar-refractivity contribution in [1.82, 2.24) is 10.4 Å². The second kappa shape index (κ2) is 5.71. The zero-order chi connectivity index (χ0) is 14.9. The third-order valence-electron chi connectivity index (χ3n) is 4.13. The normalized spacial score (nSPS) is 22.4. The smallest absolute Gasteiger partial charge is 0.150 e. The highest BCUT2D eigenvalue weighted by atomic mass is 32.2. The van der Waals surface area contributed by atoms with Gasteiger partial charge in [-0.3, -0.25) is 16.3 Å². The van der Waals surface area contributed by atoms with E-state index in [9.17, 15) is 8.42 Å². The summed E-state index contributed by atoms with van der Waals surface area (Å²) in [6.07, 6.45) is 3.24. The SMILES string of the molecule is NNC(CC1CCS(=O)(=O)C1)c1ccc2ncccc2c1. The molecule has 21 heavy (non-hydrogen) atoms. The summed E-state index contributed by atoms with van der Waals surface area (Å²) in [4.78, 5) is 4.30. The van der Waals surface area contributed by atoms with Crippen molar-refractivity contribution in [3.63, 3.8) is 0 Å². The first-order valence-corrected chi connectivity index (χ1v) is 8.91. The number of nitrogens with zero attached hydrogens (tertiary/aromatic N) is 1. The third kappa shape index (κ3) is 3.23. The number of hydrogen-bond acceptors (Lipinski definition) is 5. The number of hydrazine groups is 1. The number of pyridine rings is 1. The Hall–Kier alpha value is -1.50. The molecule has 1 aromatic carbocycles. The molecule has 0 radical (unpaired) electrons. The van der Waals surface area contributed by atoms with E-state index in [1.807, 2.05) is 24.3 Å². The number of sulfone groups is 1. The van der Waals surface area contributed by atoms with E-state index in [1.165, 1.54) is 0 Å². The van der Waals surface area contributed by atoms with Gasteiger partial charge in [-0.2, -0.15) is 0 Å². The maximum absolute atomic E-state index is 11.6. The van der Waals surface area contributed by atoms with Crippen LogP contribution in [0.15, 0.2) is 36.5 Å². The molecule has 0 bridgehead atoms. The molecule has 1 aromatic heterocycles. The van der Waals surface area contributed by atoms with Gasteiger partial charge in [0.25, 0.3) is 0 Å². The Bertz CT molecular complexity index is 745. The Morgan fingerprint density at radius 2 is 2.24 bits per heavy atom. The van der Waals surface area contributed by atoms with Gasteiger partial charge in [0.1, 0.15) is 0 Å². The maximum atomic E-state index is 11.6. The van der Waals surface area contributed by atoms with Crippen molar-refractivity contribution in [2.45, 2.75) is 18.9 Å². The van der Waals surface area contributed by atoms with Crippen LogP contribution in [0.2, 0.25) is 0 Å². The molecule has 3 N–H and O–H groups in total. The molecule has 112 valence electrons. The number of benzene rings is 1. The Morgan fingerprint density at radius 3 is 2.95 bits per heavy atom. The van der Waals surface area contributed by atoms with Gasteiger partial charge >= 0.3 is 0 Å². The second-order valence-corrected chi connectivity index (χ2v) is 7.91. The van der Waals surface area contributed by atoms with Crippen LogP contribution >= 0.6 is 0 Å². The minimum absolute atomic E-state index is 0.0343. The lowest BCUT2D eigenvalue weighted by Gasteiger charge is -2.20. The molecule has 1 aliphatic rings. The predicted octanol–water partition coefficient (Wildman–Crippen LogP) is 1.56. The summed E-state index contributed by atoms with van der Waals surface area (Å²) < 4.78 is 23.1. The van der Waals surface area contributed by atoms with Crippen LogP contribution < -0.4 is 11.3 Å². The molecule has 2 atom stereocenters. The molecule has 0 aliphatic carbocycles. The highest BCUT2D eigenvalue weighted by Crippen LogP contribution is 2.29. The Kier molecular flexibility index (Phi) is 3.93. The largest absolute Gasteiger partial charge is 0.271 e. The molecular formula is C15H19N3O2S. The average Bonchev–Trinajstić information content (AvgIpc) is 2.83. The number of nitrogens with two attached hydrogens (primary N) is 1. The fourth-order valence-corrected chi connectivity index (χ4v) is 4.88. The molecule has 0 spiro atoms. The van der Waals surface area contributed by atoms with Gasteiger partial charge < -0.3 is 0 Å². The standard InChI is InChI=1S/C15H19N3O2S/c16-18-15(8-11-5-7-21(19,20)10-11)13-3-4-14-12(9-13)2-1-6-17-14/h1-4,6,9,11,15,18H,5,7-8,10,16H2. The molecule has 0 amide bonds. The first kappa shape index (κ1) is 14.4. The van der Waals surface area contributed by atoms with Crippen LogP contribution in [0.25, 0.3) is 10.9 Å². The van der Waals surface area contributed by atoms with Gasteiger partial charge in [-0.05, 0) is 42.5 Å². The fraction of sp³-hybridized carbons (Fsp3) is 0.400. The summed E-state index contributed by atoms with van der Waals surface area (Å²) in [5, 5.41) is 1.06. The van der Waals surface area contributed by atoms with Crippen LogP contribution in [0.5, 0.6) is 0 Å². The van der Waals surface area contributed by atoms with Crippen molar-refractivity contribution < 1.29 is 8.42 Å². The van der Waals surface area contributed by atoms with Gasteiger partial charge in [0.05, 0.1) is 17.0 Å². The van der Waals surface area contributed by atoms with Crippen molar-refractivity contribution in [1.29, 1.82) is 0 Å². The van der Waals surface area contributed by atoms with Gasteiger partial charge in [-0.1, -0.05) is 12.1 Å². The van der Waals surface area contributed by atoms with Crippen LogP contribution in [-0.2, 0) is 9.84 Å². The number of aromatic nitrogens is 1. The van der Waals surface area contributed by atoms with Crippen molar-refractivity contribution in [2.75, 3.05) is 11.5 Å². The van der Waals surface area contributed by atoms with Gasteiger partial charge in [-0.15, -0.1) is 0 Å². The lowest BCUT2D eigenvalue weighted by atomic mass is 9.94. The molecule has 2 heterocycles. The minimum atomic E-state index is -2.84. The van der Waals surface area contributed by atoms with Crippen LogP contribution in [0, 0.1) is 5.92 Å². The third-order valence-corrected chi connectivity index (χ3v) is 5.96. The van der Waals surface area contributed by atoms with Crippen molar-refractivity contribution >= 4 is 20.7 Å². The highest BCUT2D eigenvalue weighted by Gasteiger charge is 2.30. The van der Waals surface area contributed by atoms with E-state index in [0.29, 0.717) is 5.75 Å². The molecule has 5 nitrogen and oxygen atoms in total. The minimum Gasteiger partial charge on any atom is -0.271 e. The number of rotatable bonds is 4. The summed E-state index contributed by atoms with van der Waals surface area (Å²) in [5.41, 5.74) is 4.84. The van der Waals surface area contributed by atoms with Crippen molar-refractivity contribution in [3.05, 3.63) is 42.1 Å². The Morgan fingerprint density at radius 1 is 1.38 bits per heavy atom. The highest BCUT2D eigenvalue weighted by molar-refractivity contribution is 7.91. The van der Waals surface area contributed by atoms with E-state index < -0.39 is 9.84 Å². The summed E-state index contributed by atoms with van der Waals surface area (Å²) in [5.74, 6) is 6.44. The number of fused-ring (bicyclic) bond motifs is 1. The monoisotopic (exact) mass is 305 g/mol. The molecule has 0 saturated carbocycles. The van der Waals surface area contributed by atoms with E-state index in [2.05, 4.69) is 16.5 Å². The van der Waals surface area contributed by atoms with Crippen LogP contribution in [-0.4, -0.2) is 24.9 Å². The number of hydrogen-bond donors (Lipinski definition) is 2. The van der Waals surface area contributed by atoms with Crippen LogP contribution in [0.4, 0.5) is 0 Å². The molecule has 3 rings (SSSR count). The molecular weight excluding hydrogens is 286 g/mol. The molecule has 2 aromatic rings.